The molecule has 0 aliphatic carbocycles. The molecule has 0 bridgehead atoms. The summed E-state index contributed by atoms with van der Waals surface area (Å²) in [6.45, 7) is 1.55. The summed E-state index contributed by atoms with van der Waals surface area (Å²) in [4.78, 5) is 27.1. The molecule has 2 aromatic carbocycles. The number of hydrogen-bond donors (Lipinski definition) is 1. The highest BCUT2D eigenvalue weighted by Gasteiger charge is 2.18. The molecule has 0 spiro atoms. The van der Waals surface area contributed by atoms with E-state index < -0.39 is 11.0 Å². The van der Waals surface area contributed by atoms with Gasteiger partial charge in [0.1, 0.15) is 11.9 Å². The fraction of sp³-hybridized carbons (Fsp3) is 0.111. The smallest absolute Gasteiger partial charge is 0.269 e. The number of nitrogens with zero attached hydrogens (tertiary/aromatic N) is 3. The zero-order chi connectivity index (χ0) is 18.0. The number of rotatable bonds is 4. The Hall–Kier alpha value is -3.32. The third kappa shape index (κ3) is 3.31. The fourth-order valence-electron chi connectivity index (χ4n) is 2.51. The first-order valence-electron chi connectivity index (χ1n) is 7.59. The first-order chi connectivity index (χ1) is 12.0. The number of para-hydroxylation sites is 2. The van der Waals surface area contributed by atoms with Gasteiger partial charge >= 0.3 is 0 Å². The maximum atomic E-state index is 12.6. The molecule has 7 nitrogen and oxygen atoms in total. The summed E-state index contributed by atoms with van der Waals surface area (Å²) in [7, 11) is 0. The van der Waals surface area contributed by atoms with Gasteiger partial charge in [0, 0.05) is 18.2 Å². The minimum atomic E-state index is -0.899. The molecule has 1 heterocycles. The number of carbonyl (C=O) groups excluding carboxylic acids is 1. The van der Waals surface area contributed by atoms with Gasteiger partial charge in [0.2, 0.25) is 0 Å². The van der Waals surface area contributed by atoms with Crippen LogP contribution in [0.2, 0.25) is 0 Å². The van der Waals surface area contributed by atoms with E-state index in [-0.39, 0.29) is 17.4 Å². The van der Waals surface area contributed by atoms with Crippen LogP contribution in [0.25, 0.3) is 17.1 Å². The van der Waals surface area contributed by atoms with Crippen LogP contribution in [0, 0.1) is 10.1 Å². The van der Waals surface area contributed by atoms with Crippen LogP contribution in [0.4, 0.5) is 5.69 Å². The van der Waals surface area contributed by atoms with E-state index in [4.69, 9.17) is 0 Å². The van der Waals surface area contributed by atoms with E-state index in [0.29, 0.717) is 16.6 Å². The average molecular weight is 337 g/mol. The maximum Gasteiger partial charge on any atom is 0.269 e. The number of allylic oxidation sites excluding steroid dienone is 1. The predicted octanol–water partition coefficient (Wildman–Crippen LogP) is 3.35. The van der Waals surface area contributed by atoms with Crippen molar-refractivity contribution in [1.82, 2.24) is 9.55 Å². The highest BCUT2D eigenvalue weighted by molar-refractivity contribution is 6.00. The van der Waals surface area contributed by atoms with Crippen molar-refractivity contribution < 1.29 is 14.8 Å². The maximum absolute atomic E-state index is 12.6. The Labute approximate surface area is 143 Å². The van der Waals surface area contributed by atoms with Gasteiger partial charge in [-0.15, -0.1) is 0 Å². The van der Waals surface area contributed by atoms with Gasteiger partial charge < -0.3 is 5.11 Å². The molecule has 126 valence electrons. The van der Waals surface area contributed by atoms with Gasteiger partial charge in [-0.05, 0) is 42.8 Å². The lowest BCUT2D eigenvalue weighted by Gasteiger charge is -2.07. The fourth-order valence-corrected chi connectivity index (χ4v) is 2.51. The summed E-state index contributed by atoms with van der Waals surface area (Å²) in [6, 6.07) is 13.0. The van der Waals surface area contributed by atoms with Gasteiger partial charge in [0.15, 0.2) is 0 Å². The standard InChI is InChI=1S/C18H15N3O4/c1-12(22)18-19-15-4-2-3-5-16(15)20(18)17(23)11-8-13-6-9-14(10-7-13)21(24)25/h2-12,22H,1H3/b11-8+. The highest BCUT2D eigenvalue weighted by atomic mass is 16.6. The van der Waals surface area contributed by atoms with Crippen LogP contribution in [-0.4, -0.2) is 25.5 Å². The zero-order valence-electron chi connectivity index (χ0n) is 13.4. The van der Waals surface area contributed by atoms with Crippen molar-refractivity contribution in [2.45, 2.75) is 13.0 Å². The van der Waals surface area contributed by atoms with Gasteiger partial charge in [-0.1, -0.05) is 12.1 Å². The number of fused-ring (bicyclic) bond motifs is 1. The molecule has 1 unspecified atom stereocenters. The Morgan fingerprint density at radius 2 is 1.92 bits per heavy atom. The minimum Gasteiger partial charge on any atom is -0.385 e. The van der Waals surface area contributed by atoms with Crippen molar-refractivity contribution >= 4 is 28.7 Å². The van der Waals surface area contributed by atoms with Crippen molar-refractivity contribution in [3.63, 3.8) is 0 Å². The van der Waals surface area contributed by atoms with Gasteiger partial charge in [-0.25, -0.2) is 4.98 Å². The predicted molar refractivity (Wildman–Crippen MR) is 93.1 cm³/mol. The van der Waals surface area contributed by atoms with Crippen LogP contribution in [0.1, 0.15) is 29.2 Å². The SMILES string of the molecule is CC(O)c1nc2ccccc2n1C(=O)/C=C/c1ccc([N+](=O)[O-])cc1. The van der Waals surface area contributed by atoms with Gasteiger partial charge in [-0.3, -0.25) is 19.5 Å². The van der Waals surface area contributed by atoms with Gasteiger partial charge in [-0.2, -0.15) is 0 Å². The number of hydrogen-bond acceptors (Lipinski definition) is 5. The van der Waals surface area contributed by atoms with Gasteiger partial charge in [0.05, 0.1) is 16.0 Å². The van der Waals surface area contributed by atoms with E-state index in [1.807, 2.05) is 6.07 Å². The number of aliphatic hydroxyl groups is 1. The van der Waals surface area contributed by atoms with Crippen LogP contribution in [-0.2, 0) is 0 Å². The molecule has 3 aromatic rings. The zero-order valence-corrected chi connectivity index (χ0v) is 13.4. The van der Waals surface area contributed by atoms with Crippen LogP contribution in [0.3, 0.4) is 0 Å². The number of nitro benzene ring substituents is 1. The molecule has 0 saturated carbocycles. The number of imidazole rings is 1. The normalized spacial score (nSPS) is 12.6. The quantitative estimate of drug-likeness (QED) is 0.447. The van der Waals surface area contributed by atoms with Crippen LogP contribution < -0.4 is 0 Å². The third-order valence-electron chi connectivity index (χ3n) is 3.70. The topological polar surface area (TPSA) is 98.3 Å². The second kappa shape index (κ2) is 6.66. The largest absolute Gasteiger partial charge is 0.385 e. The summed E-state index contributed by atoms with van der Waals surface area (Å²) in [6.07, 6.45) is 2.01. The number of nitro groups is 1. The number of benzene rings is 2. The highest BCUT2D eigenvalue weighted by Crippen LogP contribution is 2.21. The monoisotopic (exact) mass is 337 g/mol. The second-order valence-electron chi connectivity index (χ2n) is 5.49. The molecular formula is C18H15N3O4. The van der Waals surface area contributed by atoms with Crippen molar-refractivity contribution in [1.29, 1.82) is 0 Å². The number of non-ortho nitro benzene ring substituents is 1. The number of aliphatic hydroxyl groups excluding tert-OH is 1. The van der Waals surface area contributed by atoms with Crippen molar-refractivity contribution in [2.75, 3.05) is 0 Å². The van der Waals surface area contributed by atoms with Crippen LogP contribution in [0.15, 0.2) is 54.6 Å². The molecule has 1 N–H and O–H groups in total. The Balaban J connectivity index is 1.94. The minimum absolute atomic E-state index is 0.0135. The van der Waals surface area contributed by atoms with E-state index in [0.717, 1.165) is 0 Å². The molecule has 1 aromatic heterocycles. The summed E-state index contributed by atoms with van der Waals surface area (Å²) in [5, 5.41) is 20.6. The Morgan fingerprint density at radius 3 is 2.56 bits per heavy atom. The van der Waals surface area contributed by atoms with Gasteiger partial charge in [0.25, 0.3) is 11.6 Å². The molecule has 0 saturated heterocycles. The Kier molecular flexibility index (Phi) is 4.40. The lowest BCUT2D eigenvalue weighted by atomic mass is 10.2. The van der Waals surface area contributed by atoms with Crippen LogP contribution >= 0.6 is 0 Å². The van der Waals surface area contributed by atoms with Crippen molar-refractivity contribution in [2.24, 2.45) is 0 Å². The molecule has 1 atom stereocenters. The number of aromatic nitrogens is 2. The van der Waals surface area contributed by atoms with Crippen LogP contribution in [0.5, 0.6) is 0 Å². The summed E-state index contributed by atoms with van der Waals surface area (Å²) in [5.74, 6) is -0.0949. The molecule has 0 amide bonds. The number of carbonyl (C=O) groups is 1. The third-order valence-corrected chi connectivity index (χ3v) is 3.70. The Morgan fingerprint density at radius 1 is 1.24 bits per heavy atom. The van der Waals surface area contributed by atoms with E-state index >= 15 is 0 Å². The second-order valence-corrected chi connectivity index (χ2v) is 5.49. The average Bonchev–Trinajstić information content (AvgIpc) is 3.00. The van der Waals surface area contributed by atoms with E-state index in [1.54, 1.807) is 43.3 Å². The van der Waals surface area contributed by atoms with E-state index in [9.17, 15) is 20.0 Å². The molecule has 3 rings (SSSR count). The Bertz CT molecular complexity index is 972. The lowest BCUT2D eigenvalue weighted by molar-refractivity contribution is -0.384. The molecule has 25 heavy (non-hydrogen) atoms. The summed E-state index contributed by atoms with van der Waals surface area (Å²) < 4.78 is 1.36. The molecule has 0 aliphatic rings. The lowest BCUT2D eigenvalue weighted by Crippen LogP contribution is -2.13. The van der Waals surface area contributed by atoms with E-state index in [1.165, 1.54) is 22.8 Å². The summed E-state index contributed by atoms with van der Waals surface area (Å²) >= 11 is 0. The first-order valence-corrected chi connectivity index (χ1v) is 7.59. The van der Waals surface area contributed by atoms with Crippen molar-refractivity contribution in [3.05, 3.63) is 76.1 Å². The molecule has 0 aliphatic heterocycles. The summed E-state index contributed by atoms with van der Waals surface area (Å²) in [5.41, 5.74) is 1.87. The molecule has 0 fully saturated rings. The first kappa shape index (κ1) is 16.5. The molecular weight excluding hydrogens is 322 g/mol. The van der Waals surface area contributed by atoms with E-state index in [2.05, 4.69) is 4.98 Å². The molecule has 0 radical (unpaired) electrons. The molecule has 7 heteroatoms. The van der Waals surface area contributed by atoms with Crippen molar-refractivity contribution in [3.8, 4) is 0 Å².